The average Bonchev–Trinajstić information content (AvgIpc) is 2.79. The third kappa shape index (κ3) is 1.12. The predicted octanol–water partition coefficient (Wildman–Crippen LogP) is 2.56. The number of aliphatic hydroxyl groups is 1. The molecule has 0 spiro atoms. The number of aliphatic hydroxyl groups excluding tert-OH is 1. The minimum atomic E-state index is -0.0730. The second-order valence-electron chi connectivity index (χ2n) is 4.76. The Morgan fingerprint density at radius 3 is 2.36 bits per heavy atom. The molecule has 1 aromatic carbocycles. The SMILES string of the molecule is O[C@@H]1[C@H]2CC[C@@H](C2)[C@@H]1c1ccccc1. The van der Waals surface area contributed by atoms with Gasteiger partial charge in [0.25, 0.3) is 0 Å². The van der Waals surface area contributed by atoms with Gasteiger partial charge in [0.05, 0.1) is 6.10 Å². The van der Waals surface area contributed by atoms with Crippen LogP contribution in [-0.4, -0.2) is 11.2 Å². The van der Waals surface area contributed by atoms with Crippen molar-refractivity contribution in [3.63, 3.8) is 0 Å². The smallest absolute Gasteiger partial charge is 0.0639 e. The summed E-state index contributed by atoms with van der Waals surface area (Å²) in [4.78, 5) is 0. The minimum Gasteiger partial charge on any atom is -0.392 e. The van der Waals surface area contributed by atoms with Gasteiger partial charge in [-0.05, 0) is 36.7 Å². The molecule has 4 atom stereocenters. The first-order valence-electron chi connectivity index (χ1n) is 5.59. The fourth-order valence-corrected chi connectivity index (χ4v) is 3.41. The van der Waals surface area contributed by atoms with Gasteiger partial charge in [-0.3, -0.25) is 0 Å². The second-order valence-corrected chi connectivity index (χ2v) is 4.76. The van der Waals surface area contributed by atoms with Crippen LogP contribution < -0.4 is 0 Å². The molecule has 2 aliphatic carbocycles. The van der Waals surface area contributed by atoms with Gasteiger partial charge in [0, 0.05) is 5.92 Å². The zero-order valence-electron chi connectivity index (χ0n) is 8.26. The molecule has 1 aromatic rings. The van der Waals surface area contributed by atoms with E-state index in [0.29, 0.717) is 11.8 Å². The largest absolute Gasteiger partial charge is 0.392 e. The van der Waals surface area contributed by atoms with Crippen LogP contribution in [0.1, 0.15) is 30.7 Å². The summed E-state index contributed by atoms with van der Waals surface area (Å²) in [6.07, 6.45) is 3.74. The van der Waals surface area contributed by atoms with Gasteiger partial charge < -0.3 is 5.11 Å². The lowest BCUT2D eigenvalue weighted by atomic mass is 9.81. The Balaban J connectivity index is 1.93. The van der Waals surface area contributed by atoms with E-state index in [1.807, 2.05) is 6.07 Å². The number of rotatable bonds is 1. The highest BCUT2D eigenvalue weighted by atomic mass is 16.3. The summed E-state index contributed by atoms with van der Waals surface area (Å²) in [5.41, 5.74) is 1.34. The third-order valence-electron chi connectivity index (χ3n) is 4.06. The van der Waals surface area contributed by atoms with Crippen molar-refractivity contribution in [2.75, 3.05) is 0 Å². The number of fused-ring (bicyclic) bond motifs is 2. The Hall–Kier alpha value is -0.820. The first kappa shape index (κ1) is 8.49. The standard InChI is InChI=1S/C13H16O/c14-13-11-7-6-10(8-11)12(13)9-4-2-1-3-5-9/h1-5,10-14H,6-8H2/t10-,11-,12-,13+/m0/s1. The fourth-order valence-electron chi connectivity index (χ4n) is 3.41. The Morgan fingerprint density at radius 2 is 1.71 bits per heavy atom. The van der Waals surface area contributed by atoms with Gasteiger partial charge in [-0.1, -0.05) is 30.3 Å². The maximum atomic E-state index is 10.1. The summed E-state index contributed by atoms with van der Waals surface area (Å²) < 4.78 is 0. The van der Waals surface area contributed by atoms with Gasteiger partial charge in [-0.25, -0.2) is 0 Å². The Morgan fingerprint density at radius 1 is 1.00 bits per heavy atom. The average molecular weight is 188 g/mol. The summed E-state index contributed by atoms with van der Waals surface area (Å²) >= 11 is 0. The van der Waals surface area contributed by atoms with Crippen LogP contribution in [0.3, 0.4) is 0 Å². The Bertz CT molecular complexity index is 317. The molecule has 1 N–H and O–H groups in total. The maximum Gasteiger partial charge on any atom is 0.0639 e. The van der Waals surface area contributed by atoms with Crippen molar-refractivity contribution in [2.45, 2.75) is 31.3 Å². The van der Waals surface area contributed by atoms with E-state index in [1.165, 1.54) is 24.8 Å². The molecule has 2 aliphatic rings. The van der Waals surface area contributed by atoms with Crippen molar-refractivity contribution in [1.29, 1.82) is 0 Å². The summed E-state index contributed by atoms with van der Waals surface area (Å²) in [6.45, 7) is 0. The Labute approximate surface area is 84.8 Å². The normalized spacial score (nSPS) is 40.4. The molecule has 2 bridgehead atoms. The lowest BCUT2D eigenvalue weighted by Crippen LogP contribution is -2.25. The van der Waals surface area contributed by atoms with Crippen LogP contribution in [0.15, 0.2) is 30.3 Å². The zero-order chi connectivity index (χ0) is 9.54. The lowest BCUT2D eigenvalue weighted by Gasteiger charge is -2.27. The summed E-state index contributed by atoms with van der Waals surface area (Å²) in [5.74, 6) is 1.76. The summed E-state index contributed by atoms with van der Waals surface area (Å²) in [5, 5.41) is 10.1. The van der Waals surface area contributed by atoms with Crippen molar-refractivity contribution in [2.24, 2.45) is 11.8 Å². The molecule has 0 aromatic heterocycles. The van der Waals surface area contributed by atoms with Crippen LogP contribution in [0.5, 0.6) is 0 Å². The molecule has 0 aliphatic heterocycles. The van der Waals surface area contributed by atoms with Gasteiger partial charge in [0.2, 0.25) is 0 Å². The topological polar surface area (TPSA) is 20.2 Å². The van der Waals surface area contributed by atoms with Crippen molar-refractivity contribution >= 4 is 0 Å². The molecule has 14 heavy (non-hydrogen) atoms. The molecular formula is C13H16O. The van der Waals surface area contributed by atoms with Gasteiger partial charge in [0.1, 0.15) is 0 Å². The van der Waals surface area contributed by atoms with Gasteiger partial charge >= 0.3 is 0 Å². The predicted molar refractivity (Wildman–Crippen MR) is 56.0 cm³/mol. The van der Waals surface area contributed by atoms with E-state index < -0.39 is 0 Å². The number of benzene rings is 1. The van der Waals surface area contributed by atoms with E-state index in [2.05, 4.69) is 24.3 Å². The highest BCUT2D eigenvalue weighted by molar-refractivity contribution is 5.25. The highest BCUT2D eigenvalue weighted by Crippen LogP contribution is 2.52. The Kier molecular flexibility index (Phi) is 1.88. The number of hydrogen-bond donors (Lipinski definition) is 1. The monoisotopic (exact) mass is 188 g/mol. The van der Waals surface area contributed by atoms with Crippen LogP contribution in [0.4, 0.5) is 0 Å². The van der Waals surface area contributed by atoms with Crippen LogP contribution >= 0.6 is 0 Å². The maximum absolute atomic E-state index is 10.1. The van der Waals surface area contributed by atoms with E-state index in [4.69, 9.17) is 0 Å². The molecule has 2 saturated carbocycles. The molecule has 1 nitrogen and oxygen atoms in total. The third-order valence-corrected chi connectivity index (χ3v) is 4.06. The van der Waals surface area contributed by atoms with E-state index in [9.17, 15) is 5.11 Å². The van der Waals surface area contributed by atoms with E-state index >= 15 is 0 Å². The van der Waals surface area contributed by atoms with E-state index in [-0.39, 0.29) is 6.10 Å². The zero-order valence-corrected chi connectivity index (χ0v) is 8.26. The second kappa shape index (κ2) is 3.09. The summed E-state index contributed by atoms with van der Waals surface area (Å²) in [6, 6.07) is 10.5. The molecule has 0 unspecified atom stereocenters. The molecule has 0 saturated heterocycles. The van der Waals surface area contributed by atoms with E-state index in [0.717, 1.165) is 5.92 Å². The molecule has 3 rings (SSSR count). The van der Waals surface area contributed by atoms with Gasteiger partial charge in [-0.15, -0.1) is 0 Å². The minimum absolute atomic E-state index is 0.0730. The molecule has 74 valence electrons. The molecular weight excluding hydrogens is 172 g/mol. The van der Waals surface area contributed by atoms with Gasteiger partial charge in [0.15, 0.2) is 0 Å². The van der Waals surface area contributed by atoms with Gasteiger partial charge in [-0.2, -0.15) is 0 Å². The van der Waals surface area contributed by atoms with Crippen LogP contribution in [0, 0.1) is 11.8 Å². The molecule has 1 heteroatoms. The van der Waals surface area contributed by atoms with Crippen molar-refractivity contribution in [1.82, 2.24) is 0 Å². The molecule has 0 radical (unpaired) electrons. The quantitative estimate of drug-likeness (QED) is 0.718. The fraction of sp³-hybridized carbons (Fsp3) is 0.538. The molecule has 0 amide bonds. The highest BCUT2D eigenvalue weighted by Gasteiger charge is 2.47. The van der Waals surface area contributed by atoms with Crippen LogP contribution in [-0.2, 0) is 0 Å². The van der Waals surface area contributed by atoms with Crippen LogP contribution in [0.25, 0.3) is 0 Å². The lowest BCUT2D eigenvalue weighted by molar-refractivity contribution is 0.0923. The van der Waals surface area contributed by atoms with Crippen molar-refractivity contribution in [3.05, 3.63) is 35.9 Å². The number of hydrogen-bond acceptors (Lipinski definition) is 1. The first-order valence-corrected chi connectivity index (χ1v) is 5.59. The van der Waals surface area contributed by atoms with Crippen molar-refractivity contribution in [3.8, 4) is 0 Å². The van der Waals surface area contributed by atoms with E-state index in [1.54, 1.807) is 0 Å². The first-order chi connectivity index (χ1) is 6.86. The molecule has 0 heterocycles. The van der Waals surface area contributed by atoms with Crippen molar-refractivity contribution < 1.29 is 5.11 Å². The van der Waals surface area contributed by atoms with Crippen LogP contribution in [0.2, 0.25) is 0 Å². The summed E-state index contributed by atoms with van der Waals surface area (Å²) in [7, 11) is 0. The molecule has 2 fully saturated rings.